The van der Waals surface area contributed by atoms with Crippen LogP contribution in [-0.4, -0.2) is 11.5 Å². The summed E-state index contributed by atoms with van der Waals surface area (Å²) < 4.78 is 0. The topological polar surface area (TPSA) is 35.0 Å². The Morgan fingerprint density at radius 1 is 0.571 bits per heavy atom. The fourth-order valence-electron chi connectivity index (χ4n) is 2.53. The van der Waals surface area contributed by atoms with Gasteiger partial charge >= 0.3 is 0 Å². The molecule has 0 aromatic carbocycles. The van der Waals surface area contributed by atoms with Crippen LogP contribution in [0, 0.1) is 6.92 Å². The predicted molar refractivity (Wildman–Crippen MR) is 103 cm³/mol. The van der Waals surface area contributed by atoms with Crippen molar-refractivity contribution in [3.8, 4) is 0 Å². The Hall–Kier alpha value is 0.310. The van der Waals surface area contributed by atoms with Gasteiger partial charge in [0, 0.05) is 0 Å². The van der Waals surface area contributed by atoms with E-state index >= 15 is 0 Å². The lowest BCUT2D eigenvalue weighted by molar-refractivity contribution is 0.567. The monoisotopic (exact) mass is 316 g/mol. The Balaban J connectivity index is 0. The van der Waals surface area contributed by atoms with Crippen LogP contribution in [-0.2, 0) is 0 Å². The summed E-state index contributed by atoms with van der Waals surface area (Å²) in [5, 5.41) is 0. The molecule has 0 aliphatic carbocycles. The van der Waals surface area contributed by atoms with Crippen molar-refractivity contribution in [1.82, 2.24) is 6.15 Å². The van der Waals surface area contributed by atoms with Crippen LogP contribution >= 0.6 is 11.8 Å². The number of thioether (sulfide) groups is 1. The van der Waals surface area contributed by atoms with E-state index in [-0.39, 0.29) is 6.15 Å². The Kier molecular flexibility index (Phi) is 25.4. The molecule has 0 fully saturated rings. The average Bonchev–Trinajstić information content (AvgIpc) is 2.47. The minimum atomic E-state index is 0. The molecular weight excluding hydrogens is 274 g/mol. The van der Waals surface area contributed by atoms with E-state index in [0.717, 1.165) is 6.42 Å². The van der Waals surface area contributed by atoms with Crippen molar-refractivity contribution in [1.29, 1.82) is 0 Å². The molecule has 0 bridgehead atoms. The van der Waals surface area contributed by atoms with Crippen LogP contribution in [0.15, 0.2) is 0 Å². The average molecular weight is 317 g/mol. The Bertz CT molecular complexity index is 144. The Morgan fingerprint density at radius 3 is 1.38 bits per heavy atom. The molecule has 0 aliphatic rings. The van der Waals surface area contributed by atoms with Crippen LogP contribution in [0.4, 0.5) is 0 Å². The smallest absolute Gasteiger partial charge is 0.00675 e. The zero-order chi connectivity index (χ0) is 14.7. The van der Waals surface area contributed by atoms with Crippen molar-refractivity contribution in [2.45, 2.75) is 103 Å². The molecule has 0 aliphatic heterocycles. The van der Waals surface area contributed by atoms with Gasteiger partial charge in [0.1, 0.15) is 0 Å². The summed E-state index contributed by atoms with van der Waals surface area (Å²) in [7, 11) is 0. The third-order valence-electron chi connectivity index (χ3n) is 3.93. The molecule has 0 spiro atoms. The van der Waals surface area contributed by atoms with Crippen LogP contribution in [0.2, 0.25) is 0 Å². The van der Waals surface area contributed by atoms with Gasteiger partial charge in [0.05, 0.1) is 0 Å². The second-order valence-electron chi connectivity index (χ2n) is 6.06. The summed E-state index contributed by atoms with van der Waals surface area (Å²) in [6.45, 7) is 6.18. The van der Waals surface area contributed by atoms with E-state index in [2.05, 4.69) is 25.6 Å². The molecule has 0 aromatic heterocycles. The van der Waals surface area contributed by atoms with Crippen molar-refractivity contribution in [3.05, 3.63) is 6.92 Å². The number of hydrogen-bond acceptors (Lipinski definition) is 2. The maximum absolute atomic E-state index is 3.89. The molecule has 2 heteroatoms. The molecule has 0 unspecified atom stereocenters. The van der Waals surface area contributed by atoms with E-state index in [4.69, 9.17) is 0 Å². The molecule has 0 saturated heterocycles. The minimum absolute atomic E-state index is 0. The molecule has 3 N–H and O–H groups in total. The van der Waals surface area contributed by atoms with E-state index in [9.17, 15) is 0 Å². The highest BCUT2D eigenvalue weighted by Crippen LogP contribution is 2.14. The van der Waals surface area contributed by atoms with Gasteiger partial charge in [0.2, 0.25) is 0 Å². The first-order chi connectivity index (χ1) is 9.91. The van der Waals surface area contributed by atoms with Gasteiger partial charge in [-0.25, -0.2) is 0 Å². The van der Waals surface area contributed by atoms with E-state index in [1.54, 1.807) is 0 Å². The lowest BCUT2D eigenvalue weighted by Gasteiger charge is -2.03. The van der Waals surface area contributed by atoms with Crippen molar-refractivity contribution < 1.29 is 0 Å². The van der Waals surface area contributed by atoms with Gasteiger partial charge < -0.3 is 6.15 Å². The Labute approximate surface area is 140 Å². The van der Waals surface area contributed by atoms with Gasteiger partial charge in [-0.05, 0) is 24.3 Å². The predicted octanol–water partition coefficient (Wildman–Crippen LogP) is 7.59. The minimum Gasteiger partial charge on any atom is -0.344 e. The van der Waals surface area contributed by atoms with Crippen LogP contribution in [0.1, 0.15) is 103 Å². The van der Waals surface area contributed by atoms with Crippen molar-refractivity contribution in [2.75, 3.05) is 11.5 Å². The lowest BCUT2D eigenvalue weighted by Crippen LogP contribution is -1.86. The van der Waals surface area contributed by atoms with E-state index in [1.165, 1.54) is 101 Å². The maximum atomic E-state index is 3.89. The summed E-state index contributed by atoms with van der Waals surface area (Å²) in [4.78, 5) is 0. The van der Waals surface area contributed by atoms with Crippen molar-refractivity contribution in [2.24, 2.45) is 0 Å². The van der Waals surface area contributed by atoms with Crippen LogP contribution < -0.4 is 6.15 Å². The zero-order valence-electron chi connectivity index (χ0n) is 14.8. The van der Waals surface area contributed by atoms with Crippen LogP contribution in [0.25, 0.3) is 0 Å². The summed E-state index contributed by atoms with van der Waals surface area (Å²) in [6, 6.07) is 0. The molecule has 0 heterocycles. The summed E-state index contributed by atoms with van der Waals surface area (Å²) in [5.41, 5.74) is 0. The summed E-state index contributed by atoms with van der Waals surface area (Å²) in [5.74, 6) is 2.80. The Morgan fingerprint density at radius 2 is 0.952 bits per heavy atom. The summed E-state index contributed by atoms with van der Waals surface area (Å²) in [6.07, 6.45) is 21.2. The van der Waals surface area contributed by atoms with Crippen LogP contribution in [0.3, 0.4) is 0 Å². The molecule has 129 valence electrons. The molecule has 0 atom stereocenters. The first kappa shape index (κ1) is 23.6. The first-order valence-corrected chi connectivity index (χ1v) is 10.4. The highest BCUT2D eigenvalue weighted by atomic mass is 32.2. The molecule has 1 radical (unpaired) electrons. The third kappa shape index (κ3) is 22.7. The van der Waals surface area contributed by atoms with Crippen molar-refractivity contribution in [3.63, 3.8) is 0 Å². The second-order valence-corrected chi connectivity index (χ2v) is 7.29. The quantitative estimate of drug-likeness (QED) is 0.280. The second kappa shape index (κ2) is 22.6. The van der Waals surface area contributed by atoms with Gasteiger partial charge in [-0.1, -0.05) is 97.3 Å². The first-order valence-electron chi connectivity index (χ1n) is 9.28. The molecular formula is C19H42NS. The number of rotatable bonds is 17. The number of unbranched alkanes of at least 4 members (excludes halogenated alkanes) is 13. The molecule has 1 nitrogen and oxygen atoms in total. The maximum Gasteiger partial charge on any atom is -0.00675 e. The zero-order valence-corrected chi connectivity index (χ0v) is 15.7. The van der Waals surface area contributed by atoms with Gasteiger partial charge in [-0.15, -0.1) is 0 Å². The van der Waals surface area contributed by atoms with Gasteiger partial charge in [-0.2, -0.15) is 11.8 Å². The molecule has 0 aromatic rings. The fraction of sp³-hybridized carbons (Fsp3) is 0.947. The summed E-state index contributed by atoms with van der Waals surface area (Å²) >= 11 is 2.18. The third-order valence-corrected chi connectivity index (χ3v) is 5.09. The number of hydrogen-bond donors (Lipinski definition) is 1. The highest BCUT2D eigenvalue weighted by Gasteiger charge is 1.94. The lowest BCUT2D eigenvalue weighted by atomic mass is 10.1. The standard InChI is InChI=1S/C19H39S.H3N/c1-3-5-7-9-10-11-12-13-15-17-19-20-18-16-14-8-6-4-2;/h1,3-19H2,2H3;1H3. The highest BCUT2D eigenvalue weighted by molar-refractivity contribution is 7.99. The van der Waals surface area contributed by atoms with Gasteiger partial charge in [0.15, 0.2) is 0 Å². The van der Waals surface area contributed by atoms with Gasteiger partial charge in [0.25, 0.3) is 0 Å². The van der Waals surface area contributed by atoms with Crippen LogP contribution in [0.5, 0.6) is 0 Å². The van der Waals surface area contributed by atoms with E-state index in [0.29, 0.717) is 0 Å². The van der Waals surface area contributed by atoms with E-state index < -0.39 is 0 Å². The fourth-order valence-corrected chi connectivity index (χ4v) is 3.55. The van der Waals surface area contributed by atoms with Gasteiger partial charge in [-0.3, -0.25) is 0 Å². The SMILES string of the molecule is N.[CH2]CCCCCCCCCCCSCCCCCCC. The molecule has 0 amide bonds. The van der Waals surface area contributed by atoms with E-state index in [1.807, 2.05) is 0 Å². The largest absolute Gasteiger partial charge is 0.344 e. The molecule has 0 rings (SSSR count). The molecule has 0 saturated carbocycles. The van der Waals surface area contributed by atoms with Crippen molar-refractivity contribution >= 4 is 11.8 Å². The molecule has 21 heavy (non-hydrogen) atoms. The normalized spacial score (nSPS) is 10.6.